The van der Waals surface area contributed by atoms with Gasteiger partial charge in [0, 0.05) is 35.6 Å². The van der Waals surface area contributed by atoms with Crippen molar-refractivity contribution in [3.63, 3.8) is 0 Å². The molecule has 1 aliphatic rings. The zero-order valence-corrected chi connectivity index (χ0v) is 18.8. The van der Waals surface area contributed by atoms with Crippen LogP contribution in [0.1, 0.15) is 22.6 Å². The van der Waals surface area contributed by atoms with E-state index in [0.717, 1.165) is 27.7 Å². The number of Topliss-reactive ketones (excluding diaryl/α,β-unsaturated/α-hetero) is 1. The van der Waals surface area contributed by atoms with Crippen LogP contribution in [0.25, 0.3) is 0 Å². The van der Waals surface area contributed by atoms with Crippen molar-refractivity contribution in [2.45, 2.75) is 43.3 Å². The second-order valence-electron chi connectivity index (χ2n) is 6.86. The molecule has 2 rings (SSSR count). The maximum absolute atomic E-state index is 12.2. The van der Waals surface area contributed by atoms with E-state index in [2.05, 4.69) is 0 Å². The van der Waals surface area contributed by atoms with Gasteiger partial charge >= 0.3 is 5.97 Å². The monoisotopic (exact) mass is 460 g/mol. The molecule has 6 nitrogen and oxygen atoms in total. The Morgan fingerprint density at radius 3 is 2.86 bits per heavy atom. The minimum Gasteiger partial charge on any atom is -0.481 e. The van der Waals surface area contributed by atoms with E-state index in [1.807, 2.05) is 12.1 Å². The maximum Gasteiger partial charge on any atom is 0.313 e. The van der Waals surface area contributed by atoms with Gasteiger partial charge in [0.15, 0.2) is 0 Å². The Labute approximate surface area is 183 Å². The predicted octanol–water partition coefficient (Wildman–Crippen LogP) is 2.61. The van der Waals surface area contributed by atoms with Crippen LogP contribution in [-0.4, -0.2) is 68.9 Å². The number of thioether (sulfide) groups is 2. The van der Waals surface area contributed by atoms with Crippen molar-refractivity contribution in [3.05, 3.63) is 34.0 Å². The molecule has 0 aliphatic heterocycles. The molecule has 1 heterocycles. The van der Waals surface area contributed by atoms with E-state index in [-0.39, 0.29) is 29.1 Å². The number of thiophene rings is 1. The minimum atomic E-state index is -0.821. The molecule has 2 unspecified atom stereocenters. The molecule has 0 spiro atoms. The second-order valence-corrected chi connectivity index (χ2v) is 10.5. The van der Waals surface area contributed by atoms with Crippen molar-refractivity contribution in [2.75, 3.05) is 24.4 Å². The summed E-state index contributed by atoms with van der Waals surface area (Å²) in [5.41, 5.74) is 0. The average Bonchev–Trinajstić information content (AvgIpc) is 3.20. The highest BCUT2D eigenvalue weighted by Gasteiger charge is 2.40. The van der Waals surface area contributed by atoms with E-state index in [9.17, 15) is 19.8 Å². The van der Waals surface area contributed by atoms with Gasteiger partial charge in [-0.1, -0.05) is 12.2 Å². The van der Waals surface area contributed by atoms with Crippen molar-refractivity contribution >= 4 is 46.6 Å². The Morgan fingerprint density at radius 2 is 2.14 bits per heavy atom. The summed E-state index contributed by atoms with van der Waals surface area (Å²) >= 11 is 4.48. The van der Waals surface area contributed by atoms with Crippen LogP contribution in [0.4, 0.5) is 0 Å². The first-order valence-corrected chi connectivity index (χ1v) is 12.5. The molecule has 162 valence electrons. The lowest BCUT2D eigenvalue weighted by Gasteiger charge is -2.17. The van der Waals surface area contributed by atoms with Crippen LogP contribution in [-0.2, 0) is 27.4 Å². The Hall–Kier alpha value is -0.840. The summed E-state index contributed by atoms with van der Waals surface area (Å²) in [5, 5.41) is 28.9. The number of carboxylic acid groups (broad SMARTS) is 1. The van der Waals surface area contributed by atoms with Gasteiger partial charge in [0.1, 0.15) is 5.78 Å². The number of aliphatic hydroxyl groups excluding tert-OH is 2. The van der Waals surface area contributed by atoms with Crippen molar-refractivity contribution in [1.29, 1.82) is 0 Å². The lowest BCUT2D eigenvalue weighted by Crippen LogP contribution is -2.22. The zero-order valence-electron chi connectivity index (χ0n) is 16.4. The minimum absolute atomic E-state index is 0.0345. The Bertz CT molecular complexity index is 690. The van der Waals surface area contributed by atoms with E-state index < -0.39 is 18.2 Å². The Morgan fingerprint density at radius 1 is 1.38 bits per heavy atom. The van der Waals surface area contributed by atoms with Crippen LogP contribution >= 0.6 is 34.9 Å². The molecule has 9 heteroatoms. The third-order valence-electron chi connectivity index (χ3n) is 4.45. The van der Waals surface area contributed by atoms with Gasteiger partial charge in [0.25, 0.3) is 0 Å². The first-order chi connectivity index (χ1) is 13.9. The number of hydrogen-bond acceptors (Lipinski definition) is 8. The molecule has 29 heavy (non-hydrogen) atoms. The van der Waals surface area contributed by atoms with Gasteiger partial charge in [-0.25, -0.2) is 0 Å². The van der Waals surface area contributed by atoms with Crippen LogP contribution in [0, 0.1) is 5.92 Å². The summed E-state index contributed by atoms with van der Waals surface area (Å²) in [4.78, 5) is 24.9. The topological polar surface area (TPSA) is 104 Å². The van der Waals surface area contributed by atoms with E-state index in [1.54, 1.807) is 30.6 Å². The van der Waals surface area contributed by atoms with Gasteiger partial charge in [-0.05, 0) is 30.1 Å². The molecule has 1 saturated carbocycles. The fourth-order valence-corrected chi connectivity index (χ4v) is 6.35. The number of carboxylic acids is 1. The smallest absolute Gasteiger partial charge is 0.313 e. The first-order valence-electron chi connectivity index (χ1n) is 9.45. The number of rotatable bonds is 13. The van der Waals surface area contributed by atoms with Gasteiger partial charge in [-0.15, -0.1) is 23.1 Å². The number of hydrogen-bond donors (Lipinski definition) is 3. The van der Waals surface area contributed by atoms with Crippen molar-refractivity contribution < 1.29 is 29.6 Å². The maximum atomic E-state index is 12.2. The lowest BCUT2D eigenvalue weighted by molar-refractivity contribution is -0.133. The number of methoxy groups -OCH3 is 1. The normalized spacial score (nSPS) is 23.1. The zero-order chi connectivity index (χ0) is 21.2. The third kappa shape index (κ3) is 8.43. The number of ether oxygens (including phenoxy) is 1. The highest BCUT2D eigenvalue weighted by molar-refractivity contribution is 8.01. The fourth-order valence-electron chi connectivity index (χ4n) is 3.12. The fraction of sp³-hybridized carbons (Fsp3) is 0.600. The number of carbonyl (C=O) groups excluding carboxylic acids is 1. The molecule has 3 N–H and O–H groups in total. The van der Waals surface area contributed by atoms with E-state index in [0.29, 0.717) is 13.0 Å². The largest absolute Gasteiger partial charge is 0.481 e. The molecule has 1 aromatic rings. The SMILES string of the molecule is COCc1ccc(C[C@@H](O)/C=C/C2C(SCCCSCC(=O)O)C(=O)C[C@H]2O)s1. The standard InChI is InChI=1S/C20H28O6S3/c1-26-11-15-5-4-14(29-15)9-13(21)3-6-16-17(22)10-18(23)20(16)28-8-2-7-27-12-19(24)25/h3-6,13,16-17,20-22H,2,7-12H2,1H3,(H,24,25)/b6-3+/t13-,16?,17+,20?/m0/s1. The van der Waals surface area contributed by atoms with Crippen LogP contribution in [0.15, 0.2) is 24.3 Å². The van der Waals surface area contributed by atoms with Crippen molar-refractivity contribution in [2.24, 2.45) is 5.92 Å². The van der Waals surface area contributed by atoms with Crippen LogP contribution in [0.3, 0.4) is 0 Å². The molecule has 0 saturated heterocycles. The molecule has 0 bridgehead atoms. The molecule has 0 aromatic carbocycles. The molecule has 4 atom stereocenters. The molecule has 0 radical (unpaired) electrons. The summed E-state index contributed by atoms with van der Waals surface area (Å²) in [5.74, 6) is 0.464. The van der Waals surface area contributed by atoms with Crippen LogP contribution < -0.4 is 0 Å². The number of aliphatic carboxylic acids is 1. The van der Waals surface area contributed by atoms with Gasteiger partial charge in [0.05, 0.1) is 29.8 Å². The van der Waals surface area contributed by atoms with Gasteiger partial charge < -0.3 is 20.1 Å². The Kier molecular flexibility index (Phi) is 10.8. The number of carbonyl (C=O) groups is 2. The van der Waals surface area contributed by atoms with E-state index >= 15 is 0 Å². The molecule has 1 aromatic heterocycles. The molecular weight excluding hydrogens is 432 g/mol. The van der Waals surface area contributed by atoms with Gasteiger partial charge in [-0.2, -0.15) is 11.8 Å². The Balaban J connectivity index is 1.81. The molecule has 1 fully saturated rings. The molecule has 0 amide bonds. The number of aliphatic hydroxyl groups is 2. The first kappa shape index (κ1) is 24.4. The van der Waals surface area contributed by atoms with Crippen LogP contribution in [0.2, 0.25) is 0 Å². The highest BCUT2D eigenvalue weighted by Crippen LogP contribution is 2.34. The van der Waals surface area contributed by atoms with E-state index in [4.69, 9.17) is 9.84 Å². The quantitative estimate of drug-likeness (QED) is 0.305. The summed E-state index contributed by atoms with van der Waals surface area (Å²) < 4.78 is 5.10. The number of ketones is 1. The highest BCUT2D eigenvalue weighted by atomic mass is 32.2. The summed E-state index contributed by atoms with van der Waals surface area (Å²) in [6.07, 6.45) is 3.50. The van der Waals surface area contributed by atoms with Crippen molar-refractivity contribution in [3.8, 4) is 0 Å². The van der Waals surface area contributed by atoms with Gasteiger partial charge in [-0.3, -0.25) is 9.59 Å². The molecule has 1 aliphatic carbocycles. The lowest BCUT2D eigenvalue weighted by atomic mass is 10.0. The van der Waals surface area contributed by atoms with Crippen molar-refractivity contribution in [1.82, 2.24) is 0 Å². The summed E-state index contributed by atoms with van der Waals surface area (Å²) in [6.45, 7) is 0.556. The summed E-state index contributed by atoms with van der Waals surface area (Å²) in [7, 11) is 1.65. The molecular formula is C20H28O6S3. The third-order valence-corrected chi connectivity index (χ3v) is 8.02. The van der Waals surface area contributed by atoms with Crippen LogP contribution in [0.5, 0.6) is 0 Å². The summed E-state index contributed by atoms with van der Waals surface area (Å²) in [6, 6.07) is 3.96. The predicted molar refractivity (Wildman–Crippen MR) is 119 cm³/mol. The van der Waals surface area contributed by atoms with Gasteiger partial charge in [0.2, 0.25) is 0 Å². The average molecular weight is 461 g/mol. The van der Waals surface area contributed by atoms with E-state index in [1.165, 1.54) is 23.5 Å². The second kappa shape index (κ2) is 12.8.